The highest BCUT2D eigenvalue weighted by Gasteiger charge is 2.12. The molecular formula is C12H12N2O2S. The normalized spacial score (nSPS) is 10.2. The van der Waals surface area contributed by atoms with Gasteiger partial charge in [-0.3, -0.25) is 4.79 Å². The molecule has 0 aliphatic heterocycles. The van der Waals surface area contributed by atoms with Gasteiger partial charge in [-0.1, -0.05) is 12.1 Å². The molecule has 0 atom stereocenters. The second kappa shape index (κ2) is 4.97. The van der Waals surface area contributed by atoms with Crippen molar-refractivity contribution in [2.45, 2.75) is 13.5 Å². The minimum absolute atomic E-state index is 0.0316. The van der Waals surface area contributed by atoms with Crippen LogP contribution in [0, 0.1) is 6.92 Å². The molecule has 4 nitrogen and oxygen atoms in total. The molecule has 1 aromatic heterocycles. The number of carbonyl (C=O) groups is 1. The lowest BCUT2D eigenvalue weighted by molar-refractivity contribution is 0.0948. The van der Waals surface area contributed by atoms with Gasteiger partial charge in [0, 0.05) is 11.6 Å². The van der Waals surface area contributed by atoms with E-state index in [9.17, 15) is 9.90 Å². The van der Waals surface area contributed by atoms with Gasteiger partial charge in [0.15, 0.2) is 0 Å². The van der Waals surface area contributed by atoms with Crippen molar-refractivity contribution < 1.29 is 9.90 Å². The number of phenols is 1. The lowest BCUT2D eigenvalue weighted by Crippen LogP contribution is -2.22. The van der Waals surface area contributed by atoms with Crippen molar-refractivity contribution in [1.29, 1.82) is 0 Å². The Morgan fingerprint density at radius 1 is 1.53 bits per heavy atom. The number of amides is 1. The van der Waals surface area contributed by atoms with Crippen LogP contribution in [0.3, 0.4) is 0 Å². The van der Waals surface area contributed by atoms with Crippen molar-refractivity contribution in [3.05, 3.63) is 45.9 Å². The van der Waals surface area contributed by atoms with E-state index in [2.05, 4.69) is 10.3 Å². The zero-order valence-corrected chi connectivity index (χ0v) is 10.1. The summed E-state index contributed by atoms with van der Waals surface area (Å²) >= 11 is 1.48. The lowest BCUT2D eigenvalue weighted by atomic mass is 10.1. The molecule has 0 spiro atoms. The zero-order chi connectivity index (χ0) is 12.3. The van der Waals surface area contributed by atoms with E-state index in [0.717, 1.165) is 5.01 Å². The second-order valence-corrected chi connectivity index (χ2v) is 4.56. The van der Waals surface area contributed by atoms with Crippen LogP contribution in [-0.2, 0) is 6.54 Å². The third-order valence-electron chi connectivity index (χ3n) is 2.37. The number of hydrogen-bond acceptors (Lipinski definition) is 4. The van der Waals surface area contributed by atoms with E-state index in [1.165, 1.54) is 11.3 Å². The number of rotatable bonds is 3. The Labute approximate surface area is 103 Å². The number of carbonyl (C=O) groups excluding carboxylic acids is 1. The number of phenolic OH excluding ortho intramolecular Hbond substituents is 1. The quantitative estimate of drug-likeness (QED) is 0.874. The van der Waals surface area contributed by atoms with Crippen molar-refractivity contribution in [2.24, 2.45) is 0 Å². The van der Waals surface area contributed by atoms with Gasteiger partial charge < -0.3 is 10.4 Å². The molecular weight excluding hydrogens is 236 g/mol. The molecule has 17 heavy (non-hydrogen) atoms. The largest absolute Gasteiger partial charge is 0.507 e. The van der Waals surface area contributed by atoms with E-state index >= 15 is 0 Å². The summed E-state index contributed by atoms with van der Waals surface area (Å²) in [7, 11) is 0. The highest BCUT2D eigenvalue weighted by molar-refractivity contribution is 7.09. The molecule has 1 amide bonds. The molecule has 0 aliphatic carbocycles. The highest BCUT2D eigenvalue weighted by Crippen LogP contribution is 2.21. The molecule has 88 valence electrons. The molecule has 0 unspecified atom stereocenters. The second-order valence-electron chi connectivity index (χ2n) is 3.58. The average Bonchev–Trinajstić information content (AvgIpc) is 2.82. The molecule has 0 bridgehead atoms. The van der Waals surface area contributed by atoms with Gasteiger partial charge in [-0.05, 0) is 18.6 Å². The third kappa shape index (κ3) is 2.62. The van der Waals surface area contributed by atoms with Crippen LogP contribution in [0.25, 0.3) is 0 Å². The summed E-state index contributed by atoms with van der Waals surface area (Å²) in [4.78, 5) is 15.9. The fraction of sp³-hybridized carbons (Fsp3) is 0.167. The van der Waals surface area contributed by atoms with Crippen LogP contribution in [0.2, 0.25) is 0 Å². The SMILES string of the molecule is Cc1cccc(C(=O)NCc2nccs2)c1O. The van der Waals surface area contributed by atoms with Gasteiger partial charge in [0.1, 0.15) is 10.8 Å². The molecule has 0 saturated carbocycles. The van der Waals surface area contributed by atoms with Crippen molar-refractivity contribution in [3.63, 3.8) is 0 Å². The Morgan fingerprint density at radius 3 is 3.06 bits per heavy atom. The average molecular weight is 248 g/mol. The van der Waals surface area contributed by atoms with Gasteiger partial charge in [-0.25, -0.2) is 4.98 Å². The highest BCUT2D eigenvalue weighted by atomic mass is 32.1. The molecule has 5 heteroatoms. The van der Waals surface area contributed by atoms with Crippen molar-refractivity contribution in [3.8, 4) is 5.75 Å². The Balaban J connectivity index is 2.07. The monoisotopic (exact) mass is 248 g/mol. The van der Waals surface area contributed by atoms with E-state index in [-0.39, 0.29) is 11.7 Å². The van der Waals surface area contributed by atoms with Gasteiger partial charge in [-0.15, -0.1) is 11.3 Å². The minimum atomic E-state index is -0.290. The molecule has 2 rings (SSSR count). The van der Waals surface area contributed by atoms with Gasteiger partial charge in [-0.2, -0.15) is 0 Å². The first-order valence-electron chi connectivity index (χ1n) is 5.13. The number of benzene rings is 1. The fourth-order valence-corrected chi connectivity index (χ4v) is 1.99. The lowest BCUT2D eigenvalue weighted by Gasteiger charge is -2.07. The molecule has 0 saturated heterocycles. The fourth-order valence-electron chi connectivity index (χ4n) is 1.43. The minimum Gasteiger partial charge on any atom is -0.507 e. The summed E-state index contributed by atoms with van der Waals surface area (Å²) in [6, 6.07) is 5.10. The third-order valence-corrected chi connectivity index (χ3v) is 3.15. The molecule has 0 radical (unpaired) electrons. The van der Waals surface area contributed by atoms with Crippen molar-refractivity contribution in [1.82, 2.24) is 10.3 Å². The smallest absolute Gasteiger partial charge is 0.255 e. The van der Waals surface area contributed by atoms with Crippen LogP contribution in [-0.4, -0.2) is 16.0 Å². The number of aromatic nitrogens is 1. The molecule has 2 N–H and O–H groups in total. The Kier molecular flexibility index (Phi) is 3.39. The van der Waals surface area contributed by atoms with Crippen molar-refractivity contribution in [2.75, 3.05) is 0 Å². The number of para-hydroxylation sites is 1. The van der Waals surface area contributed by atoms with Gasteiger partial charge in [0.25, 0.3) is 5.91 Å². The molecule has 1 heterocycles. The number of nitrogens with zero attached hydrogens (tertiary/aromatic N) is 1. The summed E-state index contributed by atoms with van der Waals surface area (Å²) in [6.45, 7) is 2.14. The first kappa shape index (κ1) is 11.6. The number of hydrogen-bond donors (Lipinski definition) is 2. The van der Waals surface area contributed by atoms with E-state index in [0.29, 0.717) is 17.7 Å². The van der Waals surface area contributed by atoms with E-state index < -0.39 is 0 Å². The Hall–Kier alpha value is -1.88. The Morgan fingerprint density at radius 2 is 2.35 bits per heavy atom. The van der Waals surface area contributed by atoms with Crippen LogP contribution in [0.15, 0.2) is 29.8 Å². The van der Waals surface area contributed by atoms with E-state index in [1.54, 1.807) is 31.3 Å². The van der Waals surface area contributed by atoms with E-state index in [1.807, 2.05) is 5.38 Å². The number of nitrogens with one attached hydrogen (secondary N) is 1. The summed E-state index contributed by atoms with van der Waals surface area (Å²) in [5.41, 5.74) is 0.980. The maximum Gasteiger partial charge on any atom is 0.255 e. The van der Waals surface area contributed by atoms with Gasteiger partial charge in [0.05, 0.1) is 12.1 Å². The number of thiazole rings is 1. The maximum absolute atomic E-state index is 11.8. The van der Waals surface area contributed by atoms with E-state index in [4.69, 9.17) is 0 Å². The molecule has 1 aromatic carbocycles. The standard InChI is InChI=1S/C12H12N2O2S/c1-8-3-2-4-9(11(8)15)12(16)14-7-10-13-5-6-17-10/h2-6,15H,7H2,1H3,(H,14,16). The predicted molar refractivity (Wildman–Crippen MR) is 66.1 cm³/mol. The molecule has 0 aliphatic rings. The summed E-state index contributed by atoms with van der Waals surface area (Å²) in [5, 5.41) is 15.2. The van der Waals surface area contributed by atoms with Crippen LogP contribution in [0.5, 0.6) is 5.75 Å². The molecule has 0 fully saturated rings. The van der Waals surface area contributed by atoms with Crippen LogP contribution in [0.4, 0.5) is 0 Å². The van der Waals surface area contributed by atoms with Crippen molar-refractivity contribution >= 4 is 17.2 Å². The Bertz CT molecular complexity index is 523. The predicted octanol–water partition coefficient (Wildman–Crippen LogP) is 2.09. The van der Waals surface area contributed by atoms with Crippen LogP contribution < -0.4 is 5.32 Å². The zero-order valence-electron chi connectivity index (χ0n) is 9.30. The molecule has 2 aromatic rings. The first-order chi connectivity index (χ1) is 8.18. The first-order valence-corrected chi connectivity index (χ1v) is 6.01. The number of aromatic hydroxyl groups is 1. The van der Waals surface area contributed by atoms with Gasteiger partial charge in [0.2, 0.25) is 0 Å². The summed E-state index contributed by atoms with van der Waals surface area (Å²) in [6.07, 6.45) is 1.69. The summed E-state index contributed by atoms with van der Waals surface area (Å²) in [5.74, 6) is -0.259. The van der Waals surface area contributed by atoms with Gasteiger partial charge >= 0.3 is 0 Å². The number of aryl methyl sites for hydroxylation is 1. The summed E-state index contributed by atoms with van der Waals surface area (Å²) < 4.78 is 0. The van der Waals surface area contributed by atoms with Crippen LogP contribution >= 0.6 is 11.3 Å². The maximum atomic E-state index is 11.8. The topological polar surface area (TPSA) is 62.2 Å². The van der Waals surface area contributed by atoms with Crippen LogP contribution in [0.1, 0.15) is 20.9 Å².